The fourth-order valence-corrected chi connectivity index (χ4v) is 1.59. The van der Waals surface area contributed by atoms with E-state index in [1.54, 1.807) is 12.3 Å². The van der Waals surface area contributed by atoms with Crippen LogP contribution in [0.25, 0.3) is 0 Å². The Hall–Kier alpha value is -1.95. The van der Waals surface area contributed by atoms with Gasteiger partial charge in [0.15, 0.2) is 0 Å². The van der Waals surface area contributed by atoms with E-state index in [1.165, 1.54) is 18.5 Å². The molecule has 0 spiro atoms. The predicted octanol–water partition coefficient (Wildman–Crippen LogP) is 2.51. The minimum Gasteiger partial charge on any atom is -0.505 e. The average molecular weight is 308 g/mol. The molecule has 1 amide bonds. The van der Waals surface area contributed by atoms with Gasteiger partial charge in [0, 0.05) is 16.9 Å². The van der Waals surface area contributed by atoms with E-state index in [-0.39, 0.29) is 11.3 Å². The number of hydrogen-bond acceptors (Lipinski definition) is 4. The van der Waals surface area contributed by atoms with Crippen LogP contribution in [0.3, 0.4) is 0 Å². The number of nitrogens with zero attached hydrogens (tertiary/aromatic N) is 2. The molecule has 0 saturated carbocycles. The van der Waals surface area contributed by atoms with Crippen molar-refractivity contribution in [2.45, 2.75) is 6.92 Å². The van der Waals surface area contributed by atoms with E-state index in [4.69, 9.17) is 0 Å². The number of aromatic hydroxyl groups is 1. The Morgan fingerprint density at radius 1 is 1.44 bits per heavy atom. The molecule has 5 nitrogen and oxygen atoms in total. The molecule has 0 radical (unpaired) electrons. The van der Waals surface area contributed by atoms with Crippen LogP contribution in [0, 0.1) is 6.92 Å². The second-order valence-electron chi connectivity index (χ2n) is 3.67. The van der Waals surface area contributed by atoms with Gasteiger partial charge < -0.3 is 10.4 Å². The lowest BCUT2D eigenvalue weighted by molar-refractivity contribution is 0.102. The highest BCUT2D eigenvalue weighted by Gasteiger charge is 2.11. The molecule has 0 atom stereocenters. The topological polar surface area (TPSA) is 75.1 Å². The van der Waals surface area contributed by atoms with Gasteiger partial charge in [0.05, 0.1) is 11.8 Å². The number of aryl methyl sites for hydroxylation is 1. The van der Waals surface area contributed by atoms with Crippen molar-refractivity contribution in [3.05, 3.63) is 46.3 Å². The number of hydrogen-bond donors (Lipinski definition) is 2. The summed E-state index contributed by atoms with van der Waals surface area (Å²) in [5.41, 5.74) is 1.12. The second kappa shape index (κ2) is 5.14. The third-order valence-electron chi connectivity index (χ3n) is 2.33. The summed E-state index contributed by atoms with van der Waals surface area (Å²) in [6.07, 6.45) is 4.27. The first-order valence-electron chi connectivity index (χ1n) is 5.14. The lowest BCUT2D eigenvalue weighted by Crippen LogP contribution is -2.13. The first-order chi connectivity index (χ1) is 8.58. The van der Waals surface area contributed by atoms with Crippen LogP contribution in [-0.2, 0) is 0 Å². The molecule has 0 bridgehead atoms. The molecule has 2 aromatic heterocycles. The fourth-order valence-electron chi connectivity index (χ4n) is 1.37. The third kappa shape index (κ3) is 2.65. The highest BCUT2D eigenvalue weighted by atomic mass is 79.9. The van der Waals surface area contributed by atoms with E-state index in [9.17, 15) is 9.90 Å². The second-order valence-corrected chi connectivity index (χ2v) is 4.52. The molecule has 0 aliphatic carbocycles. The molecule has 2 rings (SSSR count). The normalized spacial score (nSPS) is 10.1. The lowest BCUT2D eigenvalue weighted by Gasteiger charge is -2.06. The van der Waals surface area contributed by atoms with Crippen LogP contribution in [-0.4, -0.2) is 21.0 Å². The summed E-state index contributed by atoms with van der Waals surface area (Å²) in [5, 5.41) is 12.1. The Morgan fingerprint density at radius 2 is 2.22 bits per heavy atom. The summed E-state index contributed by atoms with van der Waals surface area (Å²) in [7, 11) is 0. The molecular weight excluding hydrogens is 298 g/mol. The van der Waals surface area contributed by atoms with Crippen LogP contribution in [0.2, 0.25) is 0 Å². The van der Waals surface area contributed by atoms with Gasteiger partial charge in [-0.2, -0.15) is 0 Å². The number of aromatic nitrogens is 2. The summed E-state index contributed by atoms with van der Waals surface area (Å²) in [6, 6.07) is 3.18. The van der Waals surface area contributed by atoms with Crippen molar-refractivity contribution in [1.29, 1.82) is 0 Å². The zero-order valence-electron chi connectivity index (χ0n) is 9.51. The Balaban J connectivity index is 2.22. The van der Waals surface area contributed by atoms with Crippen LogP contribution in [0.4, 0.5) is 5.82 Å². The predicted molar refractivity (Wildman–Crippen MR) is 70.5 cm³/mol. The monoisotopic (exact) mass is 307 g/mol. The summed E-state index contributed by atoms with van der Waals surface area (Å²) in [5.74, 6) is -0.162. The van der Waals surface area contributed by atoms with Crippen molar-refractivity contribution in [3.8, 4) is 5.75 Å². The smallest absolute Gasteiger partial charge is 0.260 e. The SMILES string of the molecule is Cc1cc(NC(=O)c2ccncc2O)ncc1Br. The van der Waals surface area contributed by atoms with Crippen molar-refractivity contribution >= 4 is 27.7 Å². The van der Waals surface area contributed by atoms with Gasteiger partial charge in [0.25, 0.3) is 5.91 Å². The Kier molecular flexibility index (Phi) is 3.57. The number of carbonyl (C=O) groups is 1. The standard InChI is InChI=1S/C12H10BrN3O2/c1-7-4-11(15-5-9(7)13)16-12(18)8-2-3-14-6-10(8)17/h2-6,17H,1H3,(H,15,16,18). The van der Waals surface area contributed by atoms with E-state index >= 15 is 0 Å². The van der Waals surface area contributed by atoms with Gasteiger partial charge in [-0.05, 0) is 40.5 Å². The molecule has 2 aromatic rings. The van der Waals surface area contributed by atoms with Crippen molar-refractivity contribution in [2.75, 3.05) is 5.32 Å². The molecule has 0 aromatic carbocycles. The third-order valence-corrected chi connectivity index (χ3v) is 3.16. The van der Waals surface area contributed by atoms with Crippen molar-refractivity contribution in [2.24, 2.45) is 0 Å². The van der Waals surface area contributed by atoms with Crippen LogP contribution in [0.1, 0.15) is 15.9 Å². The number of nitrogens with one attached hydrogen (secondary N) is 1. The van der Waals surface area contributed by atoms with Crippen LogP contribution >= 0.6 is 15.9 Å². The van der Waals surface area contributed by atoms with E-state index in [2.05, 4.69) is 31.2 Å². The molecule has 0 aliphatic heterocycles. The number of halogens is 1. The number of anilines is 1. The minimum atomic E-state index is -0.427. The molecule has 92 valence electrons. The number of carbonyl (C=O) groups excluding carboxylic acids is 1. The van der Waals surface area contributed by atoms with Crippen molar-refractivity contribution < 1.29 is 9.90 Å². The van der Waals surface area contributed by atoms with E-state index in [0.717, 1.165) is 10.0 Å². The van der Waals surface area contributed by atoms with Crippen molar-refractivity contribution in [3.63, 3.8) is 0 Å². The Morgan fingerprint density at radius 3 is 2.89 bits per heavy atom. The number of pyridine rings is 2. The van der Waals surface area contributed by atoms with E-state index in [1.807, 2.05) is 6.92 Å². The molecule has 0 fully saturated rings. The molecule has 18 heavy (non-hydrogen) atoms. The van der Waals surface area contributed by atoms with E-state index < -0.39 is 5.91 Å². The maximum Gasteiger partial charge on any atom is 0.260 e. The summed E-state index contributed by atoms with van der Waals surface area (Å²) < 4.78 is 0.868. The highest BCUT2D eigenvalue weighted by molar-refractivity contribution is 9.10. The van der Waals surface area contributed by atoms with Gasteiger partial charge in [-0.3, -0.25) is 9.78 Å². The number of amides is 1. The number of rotatable bonds is 2. The molecule has 0 aliphatic rings. The Bertz CT molecular complexity index is 602. The van der Waals surface area contributed by atoms with Gasteiger partial charge in [0.2, 0.25) is 0 Å². The molecule has 0 saturated heterocycles. The first kappa shape index (κ1) is 12.5. The van der Waals surface area contributed by atoms with Gasteiger partial charge >= 0.3 is 0 Å². The zero-order valence-corrected chi connectivity index (χ0v) is 11.1. The highest BCUT2D eigenvalue weighted by Crippen LogP contribution is 2.19. The van der Waals surface area contributed by atoms with Gasteiger partial charge in [-0.1, -0.05) is 0 Å². The van der Waals surface area contributed by atoms with Gasteiger partial charge in [0.1, 0.15) is 11.6 Å². The lowest BCUT2D eigenvalue weighted by atomic mass is 10.2. The molecular formula is C12H10BrN3O2. The quantitative estimate of drug-likeness (QED) is 0.894. The molecule has 6 heteroatoms. The Labute approximate surface area is 112 Å². The summed E-state index contributed by atoms with van der Waals surface area (Å²) in [4.78, 5) is 19.6. The average Bonchev–Trinajstić information content (AvgIpc) is 2.34. The van der Waals surface area contributed by atoms with Crippen LogP contribution in [0.5, 0.6) is 5.75 Å². The van der Waals surface area contributed by atoms with Gasteiger partial charge in [-0.15, -0.1) is 0 Å². The maximum absolute atomic E-state index is 11.9. The molecule has 0 unspecified atom stereocenters. The summed E-state index contributed by atoms with van der Waals surface area (Å²) in [6.45, 7) is 1.89. The van der Waals surface area contributed by atoms with Crippen LogP contribution in [0.15, 0.2) is 35.2 Å². The van der Waals surface area contributed by atoms with E-state index in [0.29, 0.717) is 5.82 Å². The fraction of sp³-hybridized carbons (Fsp3) is 0.0833. The first-order valence-corrected chi connectivity index (χ1v) is 5.93. The summed E-state index contributed by atoms with van der Waals surface area (Å²) >= 11 is 3.33. The minimum absolute atomic E-state index is 0.160. The largest absolute Gasteiger partial charge is 0.505 e. The van der Waals surface area contributed by atoms with Crippen LogP contribution < -0.4 is 5.32 Å². The maximum atomic E-state index is 11.9. The molecule has 2 heterocycles. The van der Waals surface area contributed by atoms with Gasteiger partial charge in [-0.25, -0.2) is 4.98 Å². The van der Waals surface area contributed by atoms with Crippen molar-refractivity contribution in [1.82, 2.24) is 9.97 Å². The molecule has 2 N–H and O–H groups in total. The zero-order chi connectivity index (χ0) is 13.1.